The van der Waals surface area contributed by atoms with Gasteiger partial charge in [-0.2, -0.15) is 0 Å². The Kier molecular flexibility index (Phi) is 3.71. The molecule has 0 fully saturated rings. The van der Waals surface area contributed by atoms with Gasteiger partial charge in [-0.3, -0.25) is 4.79 Å². The van der Waals surface area contributed by atoms with Crippen molar-refractivity contribution in [2.45, 2.75) is 6.92 Å². The number of carbonyl (C=O) groups is 1. The lowest BCUT2D eigenvalue weighted by molar-refractivity contribution is 0.102. The summed E-state index contributed by atoms with van der Waals surface area (Å²) in [6, 6.07) is 12.0. The molecule has 0 saturated heterocycles. The van der Waals surface area contributed by atoms with Crippen LogP contribution in [-0.2, 0) is 0 Å². The molecule has 0 spiro atoms. The summed E-state index contributed by atoms with van der Waals surface area (Å²) in [5.74, 6) is 0.0416. The maximum absolute atomic E-state index is 12.1. The molecule has 2 N–H and O–H groups in total. The number of hydrogen-bond acceptors (Lipinski definition) is 3. The van der Waals surface area contributed by atoms with Crippen molar-refractivity contribution in [3.63, 3.8) is 0 Å². The Morgan fingerprint density at radius 1 is 1.21 bits per heavy atom. The molecule has 2 rings (SSSR count). The molecule has 0 aliphatic heterocycles. The quantitative estimate of drug-likeness (QED) is 0.888. The number of nitrogens with one attached hydrogen (secondary N) is 1. The van der Waals surface area contributed by atoms with Gasteiger partial charge >= 0.3 is 0 Å². The van der Waals surface area contributed by atoms with E-state index in [4.69, 9.17) is 4.74 Å². The summed E-state index contributed by atoms with van der Waals surface area (Å²) in [5, 5.41) is 12.3. The van der Waals surface area contributed by atoms with Crippen molar-refractivity contribution in [1.29, 1.82) is 0 Å². The van der Waals surface area contributed by atoms with Crippen LogP contribution in [0.15, 0.2) is 42.5 Å². The van der Waals surface area contributed by atoms with Crippen LogP contribution in [0.3, 0.4) is 0 Å². The van der Waals surface area contributed by atoms with Gasteiger partial charge in [-0.15, -0.1) is 0 Å². The number of anilines is 1. The largest absolute Gasteiger partial charge is 0.504 e. The highest BCUT2D eigenvalue weighted by Gasteiger charge is 2.10. The lowest BCUT2D eigenvalue weighted by Gasteiger charge is -2.09. The molecule has 4 nitrogen and oxygen atoms in total. The highest BCUT2D eigenvalue weighted by molar-refractivity contribution is 6.05. The molecule has 0 saturated carbocycles. The first-order valence-corrected chi connectivity index (χ1v) is 5.86. The molecule has 19 heavy (non-hydrogen) atoms. The molecule has 0 heterocycles. The minimum atomic E-state index is -0.243. The molecule has 0 atom stereocenters. The van der Waals surface area contributed by atoms with E-state index < -0.39 is 0 Å². The fourth-order valence-corrected chi connectivity index (χ4v) is 1.73. The van der Waals surface area contributed by atoms with Crippen LogP contribution in [0.1, 0.15) is 15.9 Å². The van der Waals surface area contributed by atoms with Crippen molar-refractivity contribution < 1.29 is 14.6 Å². The van der Waals surface area contributed by atoms with Crippen LogP contribution < -0.4 is 10.1 Å². The third-order valence-electron chi connectivity index (χ3n) is 2.84. The van der Waals surface area contributed by atoms with Crippen LogP contribution in [0.5, 0.6) is 11.5 Å². The zero-order chi connectivity index (χ0) is 13.8. The molecule has 0 aromatic heterocycles. The van der Waals surface area contributed by atoms with Gasteiger partial charge in [0.2, 0.25) is 0 Å². The van der Waals surface area contributed by atoms with E-state index in [-0.39, 0.29) is 17.4 Å². The molecule has 2 aromatic carbocycles. The van der Waals surface area contributed by atoms with Gasteiger partial charge in [-0.1, -0.05) is 18.2 Å². The standard InChI is InChI=1S/C15H15NO3/c1-10-5-3-4-6-12(10)16-15(18)11-7-8-13(17)14(9-11)19-2/h3-9,17H,1-2H3,(H,16,18). The van der Waals surface area contributed by atoms with E-state index in [0.29, 0.717) is 5.56 Å². The minimum absolute atomic E-state index is 0.00921. The van der Waals surface area contributed by atoms with Crippen LogP contribution in [0.2, 0.25) is 0 Å². The van der Waals surface area contributed by atoms with Crippen molar-refractivity contribution in [3.8, 4) is 11.5 Å². The summed E-state index contributed by atoms with van der Waals surface area (Å²) in [7, 11) is 1.44. The lowest BCUT2D eigenvalue weighted by atomic mass is 10.1. The molecule has 1 amide bonds. The van der Waals surface area contributed by atoms with Gasteiger partial charge in [-0.25, -0.2) is 0 Å². The average Bonchev–Trinajstić information content (AvgIpc) is 2.42. The maximum atomic E-state index is 12.1. The van der Waals surface area contributed by atoms with E-state index in [1.54, 1.807) is 6.07 Å². The van der Waals surface area contributed by atoms with E-state index >= 15 is 0 Å². The number of ether oxygens (including phenoxy) is 1. The van der Waals surface area contributed by atoms with E-state index in [9.17, 15) is 9.90 Å². The first kappa shape index (κ1) is 13.0. The number of aryl methyl sites for hydroxylation is 1. The van der Waals surface area contributed by atoms with Gasteiger partial charge < -0.3 is 15.2 Å². The zero-order valence-electron chi connectivity index (χ0n) is 10.8. The van der Waals surface area contributed by atoms with E-state index in [1.807, 2.05) is 31.2 Å². The van der Waals surface area contributed by atoms with E-state index in [2.05, 4.69) is 5.32 Å². The summed E-state index contributed by atoms with van der Waals surface area (Å²) in [6.07, 6.45) is 0. The number of benzene rings is 2. The van der Waals surface area contributed by atoms with Gasteiger partial charge in [0.1, 0.15) is 0 Å². The van der Waals surface area contributed by atoms with Gasteiger partial charge in [0, 0.05) is 11.3 Å². The Labute approximate surface area is 111 Å². The molecule has 4 heteroatoms. The number of amides is 1. The lowest BCUT2D eigenvalue weighted by Crippen LogP contribution is -2.12. The van der Waals surface area contributed by atoms with Crippen LogP contribution in [-0.4, -0.2) is 18.1 Å². The Hall–Kier alpha value is -2.49. The second-order valence-corrected chi connectivity index (χ2v) is 4.16. The van der Waals surface area contributed by atoms with Crippen molar-refractivity contribution in [2.24, 2.45) is 0 Å². The van der Waals surface area contributed by atoms with Crippen LogP contribution in [0, 0.1) is 6.92 Å². The van der Waals surface area contributed by atoms with Gasteiger partial charge in [0.15, 0.2) is 11.5 Å². The highest BCUT2D eigenvalue weighted by Crippen LogP contribution is 2.26. The predicted octanol–water partition coefficient (Wildman–Crippen LogP) is 2.96. The summed E-state index contributed by atoms with van der Waals surface area (Å²) in [5.41, 5.74) is 2.18. The zero-order valence-corrected chi connectivity index (χ0v) is 10.8. The molecular weight excluding hydrogens is 242 g/mol. The van der Waals surface area contributed by atoms with Gasteiger partial charge in [-0.05, 0) is 36.8 Å². The summed E-state index contributed by atoms with van der Waals surface area (Å²) in [4.78, 5) is 12.1. The number of phenols is 1. The van der Waals surface area contributed by atoms with Crippen molar-refractivity contribution in [2.75, 3.05) is 12.4 Å². The van der Waals surface area contributed by atoms with Gasteiger partial charge in [0.25, 0.3) is 5.91 Å². The number of rotatable bonds is 3. The molecule has 98 valence electrons. The Morgan fingerprint density at radius 2 is 1.95 bits per heavy atom. The average molecular weight is 257 g/mol. The SMILES string of the molecule is COc1cc(C(=O)Nc2ccccc2C)ccc1O. The molecule has 2 aromatic rings. The van der Waals surface area contributed by atoms with Gasteiger partial charge in [0.05, 0.1) is 7.11 Å². The fraction of sp³-hybridized carbons (Fsp3) is 0.133. The molecule has 0 radical (unpaired) electrons. The minimum Gasteiger partial charge on any atom is -0.504 e. The van der Waals surface area contributed by atoms with Crippen LogP contribution in [0.25, 0.3) is 0 Å². The normalized spacial score (nSPS) is 10.0. The second kappa shape index (κ2) is 5.44. The fourth-order valence-electron chi connectivity index (χ4n) is 1.73. The van der Waals surface area contributed by atoms with Crippen LogP contribution >= 0.6 is 0 Å². The summed E-state index contributed by atoms with van der Waals surface area (Å²) < 4.78 is 4.98. The van der Waals surface area contributed by atoms with Crippen molar-refractivity contribution >= 4 is 11.6 Å². The number of methoxy groups -OCH3 is 1. The Bertz CT molecular complexity index is 608. The number of para-hydroxylation sites is 1. The number of carbonyl (C=O) groups excluding carboxylic acids is 1. The third kappa shape index (κ3) is 2.85. The molecule has 0 aliphatic carbocycles. The number of phenolic OH excluding ortho intramolecular Hbond substituents is 1. The first-order valence-electron chi connectivity index (χ1n) is 5.86. The topological polar surface area (TPSA) is 58.6 Å². The van der Waals surface area contributed by atoms with Crippen molar-refractivity contribution in [3.05, 3.63) is 53.6 Å². The maximum Gasteiger partial charge on any atom is 0.255 e. The number of aromatic hydroxyl groups is 1. The third-order valence-corrected chi connectivity index (χ3v) is 2.84. The predicted molar refractivity (Wildman–Crippen MR) is 73.8 cm³/mol. The smallest absolute Gasteiger partial charge is 0.255 e. The monoisotopic (exact) mass is 257 g/mol. The summed E-state index contributed by atoms with van der Waals surface area (Å²) >= 11 is 0. The van der Waals surface area contributed by atoms with Crippen molar-refractivity contribution in [1.82, 2.24) is 0 Å². The molecule has 0 bridgehead atoms. The van der Waals surface area contributed by atoms with E-state index in [1.165, 1.54) is 19.2 Å². The Morgan fingerprint density at radius 3 is 2.63 bits per heavy atom. The van der Waals surface area contributed by atoms with E-state index in [0.717, 1.165) is 11.3 Å². The number of hydrogen-bond donors (Lipinski definition) is 2. The Balaban J connectivity index is 2.23. The molecular formula is C15H15NO3. The van der Waals surface area contributed by atoms with Crippen LogP contribution in [0.4, 0.5) is 5.69 Å². The highest BCUT2D eigenvalue weighted by atomic mass is 16.5. The molecule has 0 aliphatic rings. The second-order valence-electron chi connectivity index (χ2n) is 4.16. The molecule has 0 unspecified atom stereocenters. The summed E-state index contributed by atoms with van der Waals surface area (Å²) in [6.45, 7) is 1.92. The first-order chi connectivity index (χ1) is 9.11.